The first-order valence-electron chi connectivity index (χ1n) is 11.5. The van der Waals surface area contributed by atoms with Crippen LogP contribution in [0, 0.1) is 17.9 Å². The summed E-state index contributed by atoms with van der Waals surface area (Å²) in [5.41, 5.74) is 0.669. The maximum Gasteiger partial charge on any atom is 0.322 e. The zero-order chi connectivity index (χ0) is 31.0. The molecule has 2 saturated heterocycles. The summed E-state index contributed by atoms with van der Waals surface area (Å²) in [5.74, 6) is -2.33. The molecule has 4 rings (SSSR count). The van der Waals surface area contributed by atoms with Crippen molar-refractivity contribution in [3.05, 3.63) is 65.5 Å². The van der Waals surface area contributed by atoms with Gasteiger partial charge in [0.05, 0.1) is 28.0 Å². The lowest BCUT2D eigenvalue weighted by molar-refractivity contribution is -0.141. The number of rotatable bonds is 5. The fourth-order valence-corrected chi connectivity index (χ4v) is 6.04. The Labute approximate surface area is 239 Å². The van der Waals surface area contributed by atoms with Crippen molar-refractivity contribution < 1.29 is 45.4 Å². The SMILES string of the molecule is N#Cc1ccc(S(=O)(=O)Cl)cc1.O=C(O)[C@@H]1C[C@@H](F)CN1.[C-]#[N+]c1ccc(S(=O)(=O)N2C[C@H](F)C[C@H]2C(=O)O)cc1. The van der Waals surface area contributed by atoms with Gasteiger partial charge in [0.1, 0.15) is 24.4 Å². The topological polar surface area (TPSA) is 186 Å². The van der Waals surface area contributed by atoms with E-state index in [2.05, 4.69) is 10.2 Å². The van der Waals surface area contributed by atoms with Gasteiger partial charge in [-0.1, -0.05) is 24.3 Å². The van der Waals surface area contributed by atoms with Gasteiger partial charge in [0.25, 0.3) is 9.05 Å². The Morgan fingerprint density at radius 2 is 1.54 bits per heavy atom. The Hall–Kier alpha value is -3.67. The minimum atomic E-state index is -4.08. The number of halogens is 3. The average molecular weight is 633 g/mol. The second-order valence-electron chi connectivity index (χ2n) is 8.57. The van der Waals surface area contributed by atoms with Crippen molar-refractivity contribution in [1.29, 1.82) is 5.26 Å². The molecule has 2 aromatic rings. The maximum atomic E-state index is 13.3. The molecule has 2 fully saturated rings. The third kappa shape index (κ3) is 9.44. The molecule has 2 aliphatic heterocycles. The van der Waals surface area contributed by atoms with Crippen LogP contribution in [0.3, 0.4) is 0 Å². The number of nitrogens with zero attached hydrogens (tertiary/aromatic N) is 3. The fraction of sp³-hybridized carbons (Fsp3) is 0.333. The first-order chi connectivity index (χ1) is 19.1. The van der Waals surface area contributed by atoms with Gasteiger partial charge in [-0.05, 0) is 24.3 Å². The summed E-state index contributed by atoms with van der Waals surface area (Å²) in [6.45, 7) is 6.50. The molecule has 220 valence electrons. The molecule has 2 aromatic carbocycles. The van der Waals surface area contributed by atoms with Gasteiger partial charge in [-0.25, -0.2) is 30.5 Å². The summed E-state index contributed by atoms with van der Waals surface area (Å²) in [6.07, 6.45) is -2.72. The van der Waals surface area contributed by atoms with E-state index < -0.39 is 62.0 Å². The molecule has 0 aliphatic carbocycles. The minimum absolute atomic E-state index is 0.00293. The van der Waals surface area contributed by atoms with Crippen molar-refractivity contribution in [2.24, 2.45) is 0 Å². The van der Waals surface area contributed by atoms with E-state index in [1.54, 1.807) is 0 Å². The molecular weight excluding hydrogens is 610 g/mol. The normalized spacial score (nSPS) is 22.2. The lowest BCUT2D eigenvalue weighted by atomic mass is 10.2. The molecule has 2 heterocycles. The van der Waals surface area contributed by atoms with Crippen molar-refractivity contribution in [1.82, 2.24) is 9.62 Å². The predicted octanol–water partition coefficient (Wildman–Crippen LogP) is 2.68. The van der Waals surface area contributed by atoms with Crippen LogP contribution in [0.4, 0.5) is 14.5 Å². The number of sulfonamides is 1. The number of nitrogens with one attached hydrogen (secondary N) is 1. The van der Waals surface area contributed by atoms with Crippen molar-refractivity contribution in [2.75, 3.05) is 13.1 Å². The molecule has 0 aromatic heterocycles. The van der Waals surface area contributed by atoms with E-state index in [0.29, 0.717) is 9.87 Å². The Bertz CT molecular complexity index is 1540. The van der Waals surface area contributed by atoms with Crippen LogP contribution in [0.2, 0.25) is 0 Å². The summed E-state index contributed by atoms with van der Waals surface area (Å²) in [7, 11) is -2.70. The lowest BCUT2D eigenvalue weighted by Crippen LogP contribution is -2.40. The van der Waals surface area contributed by atoms with E-state index in [4.69, 9.17) is 32.7 Å². The van der Waals surface area contributed by atoms with Crippen LogP contribution in [-0.2, 0) is 28.7 Å². The predicted molar refractivity (Wildman–Crippen MR) is 141 cm³/mol. The molecule has 17 heteroatoms. The summed E-state index contributed by atoms with van der Waals surface area (Å²) in [4.78, 5) is 24.1. The van der Waals surface area contributed by atoms with Crippen molar-refractivity contribution >= 4 is 47.4 Å². The second-order valence-corrected chi connectivity index (χ2v) is 13.0. The highest BCUT2D eigenvalue weighted by Crippen LogP contribution is 2.29. The number of carbonyl (C=O) groups is 2. The zero-order valence-corrected chi connectivity index (χ0v) is 23.3. The first kappa shape index (κ1) is 33.5. The molecule has 41 heavy (non-hydrogen) atoms. The summed E-state index contributed by atoms with van der Waals surface area (Å²) >= 11 is 0. The van der Waals surface area contributed by atoms with Gasteiger partial charge >= 0.3 is 11.9 Å². The smallest absolute Gasteiger partial charge is 0.322 e. The molecule has 0 radical (unpaired) electrons. The van der Waals surface area contributed by atoms with E-state index in [1.807, 2.05) is 6.07 Å². The summed E-state index contributed by atoms with van der Waals surface area (Å²) < 4.78 is 72.3. The fourth-order valence-electron chi connectivity index (χ4n) is 3.65. The highest BCUT2D eigenvalue weighted by Gasteiger charge is 2.44. The van der Waals surface area contributed by atoms with Crippen LogP contribution in [-0.4, -0.2) is 80.8 Å². The van der Waals surface area contributed by atoms with Crippen LogP contribution in [0.5, 0.6) is 0 Å². The largest absolute Gasteiger partial charge is 0.480 e. The van der Waals surface area contributed by atoms with Crippen LogP contribution in [0.25, 0.3) is 4.85 Å². The van der Waals surface area contributed by atoms with Crippen LogP contribution >= 0.6 is 10.7 Å². The molecule has 0 bridgehead atoms. The highest BCUT2D eigenvalue weighted by atomic mass is 35.7. The molecule has 12 nitrogen and oxygen atoms in total. The molecular formula is C24H23ClF2N4O8S2. The number of hydrogen-bond acceptors (Lipinski definition) is 8. The Balaban J connectivity index is 0.000000237. The van der Waals surface area contributed by atoms with Crippen molar-refractivity contribution in [2.45, 2.75) is 47.1 Å². The first-order valence-corrected chi connectivity index (χ1v) is 15.3. The van der Waals surface area contributed by atoms with E-state index in [0.717, 1.165) is 0 Å². The van der Waals surface area contributed by atoms with Gasteiger partial charge in [-0.15, -0.1) is 0 Å². The Morgan fingerprint density at radius 3 is 1.93 bits per heavy atom. The number of aliphatic carboxylic acids is 2. The van der Waals surface area contributed by atoms with Gasteiger partial charge in [0.15, 0.2) is 5.69 Å². The second kappa shape index (κ2) is 14.3. The molecule has 2 aliphatic rings. The van der Waals surface area contributed by atoms with Gasteiger partial charge in [-0.2, -0.15) is 9.57 Å². The Morgan fingerprint density at radius 1 is 0.976 bits per heavy atom. The van der Waals surface area contributed by atoms with Gasteiger partial charge in [0, 0.05) is 36.6 Å². The molecule has 3 N–H and O–H groups in total. The zero-order valence-electron chi connectivity index (χ0n) is 20.9. The monoisotopic (exact) mass is 632 g/mol. The molecule has 0 saturated carbocycles. The molecule has 4 atom stereocenters. The van der Waals surface area contributed by atoms with Crippen LogP contribution < -0.4 is 5.32 Å². The summed E-state index contributed by atoms with van der Waals surface area (Å²) in [6, 6.07) is 10.3. The number of nitriles is 1. The third-order valence-electron chi connectivity index (χ3n) is 5.70. The third-order valence-corrected chi connectivity index (χ3v) is 8.96. The number of hydrogen-bond donors (Lipinski definition) is 3. The lowest BCUT2D eigenvalue weighted by Gasteiger charge is -2.20. The quantitative estimate of drug-likeness (QED) is 0.327. The number of carboxylic acid groups (broad SMARTS) is 2. The highest BCUT2D eigenvalue weighted by molar-refractivity contribution is 8.13. The number of carboxylic acids is 2. The van der Waals surface area contributed by atoms with Gasteiger partial charge in [-0.3, -0.25) is 9.59 Å². The van der Waals surface area contributed by atoms with Crippen molar-refractivity contribution in [3.8, 4) is 6.07 Å². The molecule has 0 unspecified atom stereocenters. The van der Waals surface area contributed by atoms with E-state index in [1.165, 1.54) is 48.5 Å². The summed E-state index contributed by atoms with van der Waals surface area (Å²) in [5, 5.41) is 28.2. The Kier molecular flexibility index (Phi) is 11.7. The minimum Gasteiger partial charge on any atom is -0.480 e. The van der Waals surface area contributed by atoms with Gasteiger partial charge < -0.3 is 15.5 Å². The molecule has 0 amide bonds. The van der Waals surface area contributed by atoms with Crippen molar-refractivity contribution in [3.63, 3.8) is 0 Å². The molecule has 0 spiro atoms. The van der Waals surface area contributed by atoms with E-state index in [-0.39, 0.29) is 34.9 Å². The van der Waals surface area contributed by atoms with Crippen LogP contribution in [0.15, 0.2) is 58.3 Å². The number of alkyl halides is 2. The van der Waals surface area contributed by atoms with E-state index in [9.17, 15) is 35.2 Å². The van der Waals surface area contributed by atoms with E-state index >= 15 is 0 Å². The maximum absolute atomic E-state index is 13.3. The number of benzene rings is 2. The van der Waals surface area contributed by atoms with Gasteiger partial charge in [0.2, 0.25) is 10.0 Å². The average Bonchev–Trinajstić information content (AvgIpc) is 3.55. The standard InChI is InChI=1S/C12H11FN2O4S.C7H4ClNO2S.C5H8FNO2/c1-14-9-2-4-10(5-3-9)20(18,19)15-7-8(13)6-11(15)12(16)17;8-12(10,11)7-3-1-6(5-9)2-4-7;6-3-1-4(5(8)9)7-2-3/h2-5,8,11H,6-7H2,(H,16,17);1-4H;3-4,7H,1-2H2,(H,8,9)/t8-,11+;;3-,4+/m1.1/s1. The van der Waals surface area contributed by atoms with Crippen LogP contribution in [0.1, 0.15) is 18.4 Å².